The minimum absolute atomic E-state index is 0.0237. The van der Waals surface area contributed by atoms with E-state index in [0.717, 1.165) is 25.7 Å². The predicted octanol–water partition coefficient (Wildman–Crippen LogP) is 4.02. The van der Waals surface area contributed by atoms with Crippen LogP contribution in [0.2, 0.25) is 0 Å². The van der Waals surface area contributed by atoms with E-state index in [4.69, 9.17) is 4.42 Å². The van der Waals surface area contributed by atoms with E-state index in [0.29, 0.717) is 50.8 Å². The number of pyridine rings is 1. The van der Waals surface area contributed by atoms with Gasteiger partial charge in [-0.15, -0.1) is 0 Å². The number of alkyl halides is 3. The van der Waals surface area contributed by atoms with Gasteiger partial charge in [0.05, 0.1) is 11.9 Å². The number of amides is 2. The first kappa shape index (κ1) is 26.6. The molecule has 0 aromatic carbocycles. The van der Waals surface area contributed by atoms with Crippen molar-refractivity contribution in [2.45, 2.75) is 31.9 Å². The van der Waals surface area contributed by atoms with Gasteiger partial charge in [0.1, 0.15) is 11.5 Å². The Hall–Kier alpha value is -4.03. The van der Waals surface area contributed by atoms with Crippen molar-refractivity contribution in [3.8, 4) is 0 Å². The number of piperidine rings is 1. The predicted molar refractivity (Wildman–Crippen MR) is 138 cm³/mol. The summed E-state index contributed by atoms with van der Waals surface area (Å²) in [6, 6.07) is 6.70. The number of rotatable bonds is 5. The summed E-state index contributed by atoms with van der Waals surface area (Å²) < 4.78 is 48.0. The summed E-state index contributed by atoms with van der Waals surface area (Å²) in [5, 5.41) is 2.44. The second-order valence-electron chi connectivity index (χ2n) is 9.72. The number of nitrogens with one attached hydrogen (secondary N) is 1. The fourth-order valence-electron chi connectivity index (χ4n) is 4.91. The first-order valence-corrected chi connectivity index (χ1v) is 13.0. The van der Waals surface area contributed by atoms with E-state index in [9.17, 15) is 22.8 Å². The molecule has 0 unspecified atom stereocenters. The zero-order chi connectivity index (χ0) is 27.6. The minimum atomic E-state index is -4.84. The summed E-state index contributed by atoms with van der Waals surface area (Å²) in [5.74, 6) is -1.30. The fourth-order valence-corrected chi connectivity index (χ4v) is 4.91. The Bertz CT molecular complexity index is 1310. The molecular weight excluding hydrogens is 515 g/mol. The van der Waals surface area contributed by atoms with Gasteiger partial charge in [0.25, 0.3) is 17.8 Å². The van der Waals surface area contributed by atoms with E-state index in [1.807, 2.05) is 29.1 Å². The highest BCUT2D eigenvalue weighted by Crippen LogP contribution is 2.35. The number of anilines is 3. The lowest BCUT2D eigenvalue weighted by atomic mass is 10.1. The SMILES string of the molecule is Cn1cccc1C(=O)N1CCCN(c2ccc(NC(=O)c3oc(N4CCCCC4)nc3C(F)(F)F)cn2)CC1. The summed E-state index contributed by atoms with van der Waals surface area (Å²) in [6.45, 7) is 3.45. The summed E-state index contributed by atoms with van der Waals surface area (Å²) in [4.78, 5) is 39.1. The summed E-state index contributed by atoms with van der Waals surface area (Å²) in [6.07, 6.45) is 1.77. The fraction of sp³-hybridized carbons (Fsp3) is 0.462. The molecule has 3 aromatic heterocycles. The number of hydrogen-bond donors (Lipinski definition) is 1. The first-order chi connectivity index (χ1) is 18.7. The molecule has 10 nitrogen and oxygen atoms in total. The molecule has 2 saturated heterocycles. The van der Waals surface area contributed by atoms with Crippen LogP contribution in [0.5, 0.6) is 0 Å². The van der Waals surface area contributed by atoms with Gasteiger partial charge >= 0.3 is 6.18 Å². The molecule has 0 aliphatic carbocycles. The van der Waals surface area contributed by atoms with Crippen LogP contribution in [0.1, 0.15) is 52.4 Å². The molecule has 0 spiro atoms. The van der Waals surface area contributed by atoms with E-state index in [-0.39, 0.29) is 17.6 Å². The van der Waals surface area contributed by atoms with Crippen LogP contribution in [0.3, 0.4) is 0 Å². The van der Waals surface area contributed by atoms with Crippen LogP contribution in [0.15, 0.2) is 41.1 Å². The Morgan fingerprint density at radius 2 is 1.72 bits per heavy atom. The molecule has 2 aliphatic rings. The molecule has 0 bridgehead atoms. The van der Waals surface area contributed by atoms with Gasteiger partial charge in [-0.05, 0) is 49.9 Å². The van der Waals surface area contributed by atoms with Crippen molar-refractivity contribution in [1.82, 2.24) is 19.4 Å². The number of oxazole rings is 1. The third-order valence-corrected chi connectivity index (χ3v) is 6.99. The number of hydrogen-bond acceptors (Lipinski definition) is 7. The van der Waals surface area contributed by atoms with Crippen LogP contribution in [-0.4, -0.2) is 70.5 Å². The van der Waals surface area contributed by atoms with Crippen LogP contribution < -0.4 is 15.1 Å². The van der Waals surface area contributed by atoms with Gasteiger partial charge in [-0.2, -0.15) is 18.2 Å². The third kappa shape index (κ3) is 5.86. The standard InChI is InChI=1S/C26H30F3N7O3/c1-33-10-5-7-19(33)24(38)35-14-6-13-34(15-16-35)20-9-8-18(17-30-20)31-23(37)21-22(26(27,28)29)32-25(39-21)36-11-3-2-4-12-36/h5,7-10,17H,2-4,6,11-16H2,1H3,(H,31,37). The van der Waals surface area contributed by atoms with E-state index >= 15 is 0 Å². The van der Waals surface area contributed by atoms with Crippen molar-refractivity contribution in [2.75, 3.05) is 54.4 Å². The molecule has 5 rings (SSSR count). The summed E-state index contributed by atoms with van der Waals surface area (Å²) >= 11 is 0. The Labute approximate surface area is 223 Å². The van der Waals surface area contributed by atoms with E-state index in [1.54, 1.807) is 27.7 Å². The molecule has 0 atom stereocenters. The Balaban J connectivity index is 1.24. The molecule has 5 heterocycles. The lowest BCUT2D eigenvalue weighted by Gasteiger charge is -2.24. The number of aryl methyl sites for hydroxylation is 1. The molecule has 13 heteroatoms. The average molecular weight is 546 g/mol. The normalized spacial score (nSPS) is 16.8. The minimum Gasteiger partial charge on any atom is -0.417 e. The lowest BCUT2D eigenvalue weighted by Crippen LogP contribution is -2.36. The van der Waals surface area contributed by atoms with Crippen LogP contribution in [0.25, 0.3) is 0 Å². The van der Waals surface area contributed by atoms with Gasteiger partial charge in [-0.3, -0.25) is 9.59 Å². The van der Waals surface area contributed by atoms with E-state index in [2.05, 4.69) is 15.3 Å². The zero-order valence-corrected chi connectivity index (χ0v) is 21.6. The lowest BCUT2D eigenvalue weighted by molar-refractivity contribution is -0.141. The number of aromatic nitrogens is 3. The molecule has 1 N–H and O–H groups in total. The van der Waals surface area contributed by atoms with Crippen molar-refractivity contribution < 1.29 is 27.2 Å². The molecule has 208 valence electrons. The van der Waals surface area contributed by atoms with Crippen molar-refractivity contribution in [3.05, 3.63) is 53.8 Å². The van der Waals surface area contributed by atoms with Gasteiger partial charge in [-0.1, -0.05) is 0 Å². The largest absolute Gasteiger partial charge is 0.437 e. The molecule has 2 fully saturated rings. The van der Waals surface area contributed by atoms with Crippen LogP contribution in [0.4, 0.5) is 30.7 Å². The Morgan fingerprint density at radius 1 is 0.949 bits per heavy atom. The van der Waals surface area contributed by atoms with Crippen molar-refractivity contribution in [3.63, 3.8) is 0 Å². The molecular formula is C26H30F3N7O3. The number of nitrogens with zero attached hydrogens (tertiary/aromatic N) is 6. The van der Waals surface area contributed by atoms with Gasteiger partial charge in [0.15, 0.2) is 5.69 Å². The Morgan fingerprint density at radius 3 is 2.38 bits per heavy atom. The van der Waals surface area contributed by atoms with Gasteiger partial charge in [-0.25, -0.2) is 4.98 Å². The molecule has 3 aromatic rings. The number of halogens is 3. The average Bonchev–Trinajstić information content (AvgIpc) is 3.49. The topological polar surface area (TPSA) is 99.7 Å². The van der Waals surface area contributed by atoms with Gasteiger partial charge in [0, 0.05) is 52.5 Å². The highest BCUT2D eigenvalue weighted by Gasteiger charge is 2.42. The third-order valence-electron chi connectivity index (χ3n) is 6.99. The van der Waals surface area contributed by atoms with Crippen LogP contribution in [0, 0.1) is 0 Å². The summed E-state index contributed by atoms with van der Waals surface area (Å²) in [5.41, 5.74) is -0.488. The Kier molecular flexibility index (Phi) is 7.49. The monoisotopic (exact) mass is 545 g/mol. The van der Waals surface area contributed by atoms with Crippen LogP contribution >= 0.6 is 0 Å². The number of carbonyl (C=O) groups excluding carboxylic acids is 2. The van der Waals surface area contributed by atoms with E-state index < -0.39 is 23.5 Å². The molecule has 2 aliphatic heterocycles. The highest BCUT2D eigenvalue weighted by molar-refractivity contribution is 6.03. The smallest absolute Gasteiger partial charge is 0.417 e. The van der Waals surface area contributed by atoms with Crippen molar-refractivity contribution in [1.29, 1.82) is 0 Å². The van der Waals surface area contributed by atoms with Crippen molar-refractivity contribution in [2.24, 2.45) is 7.05 Å². The molecule has 0 radical (unpaired) electrons. The second kappa shape index (κ2) is 11.0. The van der Waals surface area contributed by atoms with Crippen LogP contribution in [-0.2, 0) is 13.2 Å². The maximum atomic E-state index is 13.6. The molecule has 0 saturated carbocycles. The van der Waals surface area contributed by atoms with Gasteiger partial charge in [0.2, 0.25) is 5.76 Å². The maximum absolute atomic E-state index is 13.6. The maximum Gasteiger partial charge on any atom is 0.437 e. The second-order valence-corrected chi connectivity index (χ2v) is 9.72. The highest BCUT2D eigenvalue weighted by atomic mass is 19.4. The molecule has 2 amide bonds. The van der Waals surface area contributed by atoms with E-state index in [1.165, 1.54) is 6.20 Å². The number of carbonyl (C=O) groups is 2. The van der Waals surface area contributed by atoms with Gasteiger partial charge < -0.3 is 29.0 Å². The first-order valence-electron chi connectivity index (χ1n) is 13.0. The molecule has 39 heavy (non-hydrogen) atoms. The van der Waals surface area contributed by atoms with Crippen molar-refractivity contribution >= 4 is 29.3 Å². The summed E-state index contributed by atoms with van der Waals surface area (Å²) in [7, 11) is 1.83. The zero-order valence-electron chi connectivity index (χ0n) is 21.6. The quantitative estimate of drug-likeness (QED) is 0.517.